The van der Waals surface area contributed by atoms with E-state index in [4.69, 9.17) is 33.7 Å². The van der Waals surface area contributed by atoms with Gasteiger partial charge in [0.05, 0.1) is 17.3 Å². The van der Waals surface area contributed by atoms with E-state index in [1.54, 1.807) is 24.5 Å². The Morgan fingerprint density at radius 3 is 2.64 bits per heavy atom. The molecule has 0 spiro atoms. The number of nitrogen functional groups attached to an aromatic ring is 1. The van der Waals surface area contributed by atoms with Crippen molar-refractivity contribution >= 4 is 46.9 Å². The first-order valence-electron chi connectivity index (χ1n) is 8.04. The van der Waals surface area contributed by atoms with Crippen molar-refractivity contribution in [2.45, 2.75) is 6.42 Å². The number of halogens is 3. The van der Waals surface area contributed by atoms with Crippen LogP contribution in [-0.2, 0) is 11.2 Å². The molecule has 1 aromatic carbocycles. The fourth-order valence-corrected chi connectivity index (χ4v) is 2.98. The van der Waals surface area contributed by atoms with Gasteiger partial charge in [-0.2, -0.15) is 0 Å². The van der Waals surface area contributed by atoms with E-state index in [1.165, 1.54) is 23.1 Å². The van der Waals surface area contributed by atoms with E-state index >= 15 is 0 Å². The van der Waals surface area contributed by atoms with Crippen LogP contribution in [-0.4, -0.2) is 28.2 Å². The van der Waals surface area contributed by atoms with Crippen molar-refractivity contribution in [1.82, 2.24) is 15.2 Å². The zero-order valence-electron chi connectivity index (χ0n) is 14.3. The molecule has 0 aliphatic heterocycles. The van der Waals surface area contributed by atoms with Gasteiger partial charge in [-0.05, 0) is 29.8 Å². The first-order chi connectivity index (χ1) is 13.5. The summed E-state index contributed by atoms with van der Waals surface area (Å²) in [6, 6.07) is 7.38. The van der Waals surface area contributed by atoms with E-state index in [1.807, 2.05) is 0 Å². The zero-order valence-corrected chi connectivity index (χ0v) is 15.9. The molecule has 10 heteroatoms. The van der Waals surface area contributed by atoms with E-state index in [9.17, 15) is 9.18 Å². The predicted molar refractivity (Wildman–Crippen MR) is 105 cm³/mol. The Kier molecular flexibility index (Phi) is 6.23. The van der Waals surface area contributed by atoms with Gasteiger partial charge in [0.25, 0.3) is 0 Å². The normalized spacial score (nSPS) is 10.5. The summed E-state index contributed by atoms with van der Waals surface area (Å²) in [5, 5.41) is 8.02. The highest BCUT2D eigenvalue weighted by molar-refractivity contribution is 6.36. The second kappa shape index (κ2) is 8.81. The molecule has 0 saturated carbocycles. The average molecular weight is 422 g/mol. The number of ether oxygens (including phenoxy) is 1. The van der Waals surface area contributed by atoms with E-state index in [0.717, 1.165) is 0 Å². The number of carbonyl (C=O) groups excluding carboxylic acids is 1. The lowest BCUT2D eigenvalue weighted by molar-refractivity contribution is -0.106. The number of pyridine rings is 1. The van der Waals surface area contributed by atoms with E-state index in [-0.39, 0.29) is 35.4 Å². The summed E-state index contributed by atoms with van der Waals surface area (Å²) in [7, 11) is 0. The largest absolute Gasteiger partial charge is 0.489 e. The van der Waals surface area contributed by atoms with Gasteiger partial charge in [-0.25, -0.2) is 4.39 Å². The molecule has 0 aliphatic carbocycles. The zero-order chi connectivity index (χ0) is 20.1. The van der Waals surface area contributed by atoms with Gasteiger partial charge in [-0.3, -0.25) is 14.7 Å². The smallest absolute Gasteiger partial charge is 0.219 e. The SMILES string of the molecule is Nc1nnc(N(C=O)c2ccncc2)cc1OCCc1c(Cl)ccc(F)c1Cl. The molecular weight excluding hydrogens is 408 g/mol. The lowest BCUT2D eigenvalue weighted by Gasteiger charge is -2.17. The second-order valence-electron chi connectivity index (χ2n) is 5.55. The van der Waals surface area contributed by atoms with Crippen LogP contribution in [0.1, 0.15) is 5.56 Å². The summed E-state index contributed by atoms with van der Waals surface area (Å²) >= 11 is 12.0. The van der Waals surface area contributed by atoms with Crippen molar-refractivity contribution in [2.24, 2.45) is 0 Å². The van der Waals surface area contributed by atoms with Crippen molar-refractivity contribution < 1.29 is 13.9 Å². The van der Waals surface area contributed by atoms with Crippen molar-refractivity contribution in [2.75, 3.05) is 17.2 Å². The number of hydrogen-bond donors (Lipinski definition) is 1. The molecular formula is C18H14Cl2FN5O2. The number of carbonyl (C=O) groups is 1. The minimum absolute atomic E-state index is 0.0424. The van der Waals surface area contributed by atoms with Crippen molar-refractivity contribution in [3.8, 4) is 5.75 Å². The van der Waals surface area contributed by atoms with Crippen molar-refractivity contribution in [3.05, 3.63) is 64.2 Å². The van der Waals surface area contributed by atoms with Gasteiger partial charge in [0, 0.05) is 29.9 Å². The first kappa shape index (κ1) is 19.8. The Balaban J connectivity index is 1.77. The third-order valence-corrected chi connectivity index (χ3v) is 4.58. The molecule has 28 heavy (non-hydrogen) atoms. The molecule has 0 saturated heterocycles. The number of anilines is 3. The molecule has 2 aromatic heterocycles. The van der Waals surface area contributed by atoms with Gasteiger partial charge in [-0.1, -0.05) is 23.2 Å². The Labute approximate surface area is 169 Å². The third kappa shape index (κ3) is 4.29. The Hall–Kier alpha value is -2.97. The summed E-state index contributed by atoms with van der Waals surface area (Å²) in [5.41, 5.74) is 6.78. The minimum atomic E-state index is -0.563. The summed E-state index contributed by atoms with van der Waals surface area (Å²) in [6.07, 6.45) is 3.92. The van der Waals surface area contributed by atoms with Crippen LogP contribution in [0.5, 0.6) is 5.75 Å². The van der Waals surface area contributed by atoms with Crippen LogP contribution < -0.4 is 15.4 Å². The summed E-state index contributed by atoms with van der Waals surface area (Å²) in [6.45, 7) is 0.106. The van der Waals surface area contributed by atoms with Crippen LogP contribution in [0.3, 0.4) is 0 Å². The second-order valence-corrected chi connectivity index (χ2v) is 6.34. The topological polar surface area (TPSA) is 94.2 Å². The molecule has 0 aliphatic rings. The van der Waals surface area contributed by atoms with Gasteiger partial charge in [0.1, 0.15) is 5.82 Å². The molecule has 3 rings (SSSR count). The number of benzene rings is 1. The van der Waals surface area contributed by atoms with E-state index in [2.05, 4.69) is 15.2 Å². The van der Waals surface area contributed by atoms with Gasteiger partial charge >= 0.3 is 0 Å². The standard InChI is InChI=1S/C18H14Cl2FN5O2/c19-13-1-2-14(21)17(20)12(13)5-8-28-15-9-16(24-25-18(15)22)26(10-27)11-3-6-23-7-4-11/h1-4,6-7,9-10H,5,8H2,(H2,22,25). The van der Waals surface area contributed by atoms with Crippen molar-refractivity contribution in [3.63, 3.8) is 0 Å². The van der Waals surface area contributed by atoms with Gasteiger partial charge in [0.15, 0.2) is 17.4 Å². The Morgan fingerprint density at radius 1 is 1.18 bits per heavy atom. The molecule has 2 N–H and O–H groups in total. The quantitative estimate of drug-likeness (QED) is 0.460. The lowest BCUT2D eigenvalue weighted by Crippen LogP contribution is -2.17. The number of hydrogen-bond acceptors (Lipinski definition) is 6. The number of amides is 1. The molecule has 7 nitrogen and oxygen atoms in total. The molecule has 0 radical (unpaired) electrons. The Bertz CT molecular complexity index is 991. The van der Waals surface area contributed by atoms with Crippen LogP contribution in [0.2, 0.25) is 10.0 Å². The van der Waals surface area contributed by atoms with E-state index in [0.29, 0.717) is 22.7 Å². The van der Waals surface area contributed by atoms with E-state index < -0.39 is 5.82 Å². The predicted octanol–water partition coefficient (Wildman–Crippen LogP) is 3.82. The lowest BCUT2D eigenvalue weighted by atomic mass is 10.1. The maximum absolute atomic E-state index is 13.6. The van der Waals surface area contributed by atoms with Gasteiger partial charge in [-0.15, -0.1) is 10.2 Å². The highest BCUT2D eigenvalue weighted by Crippen LogP contribution is 2.29. The van der Waals surface area contributed by atoms with Crippen LogP contribution in [0.25, 0.3) is 0 Å². The average Bonchev–Trinajstić information content (AvgIpc) is 2.71. The first-order valence-corrected chi connectivity index (χ1v) is 8.79. The molecule has 0 bridgehead atoms. The fraction of sp³-hybridized carbons (Fsp3) is 0.111. The van der Waals surface area contributed by atoms with Crippen LogP contribution in [0.15, 0.2) is 42.7 Å². The Morgan fingerprint density at radius 2 is 1.93 bits per heavy atom. The van der Waals surface area contributed by atoms with Gasteiger partial charge in [0.2, 0.25) is 6.41 Å². The third-order valence-electron chi connectivity index (χ3n) is 3.81. The highest BCUT2D eigenvalue weighted by atomic mass is 35.5. The minimum Gasteiger partial charge on any atom is -0.489 e. The number of nitrogens with zero attached hydrogens (tertiary/aromatic N) is 4. The molecule has 0 atom stereocenters. The van der Waals surface area contributed by atoms with Crippen LogP contribution in [0, 0.1) is 5.82 Å². The maximum Gasteiger partial charge on any atom is 0.219 e. The number of aromatic nitrogens is 3. The van der Waals surface area contributed by atoms with Crippen LogP contribution >= 0.6 is 23.2 Å². The summed E-state index contributed by atoms with van der Waals surface area (Å²) in [4.78, 5) is 16.7. The number of nitrogens with two attached hydrogens (primary N) is 1. The maximum atomic E-state index is 13.6. The molecule has 0 unspecified atom stereocenters. The monoisotopic (exact) mass is 421 g/mol. The molecule has 0 fully saturated rings. The molecule has 144 valence electrons. The number of rotatable bonds is 7. The molecule has 1 amide bonds. The molecule has 3 aromatic rings. The summed E-state index contributed by atoms with van der Waals surface area (Å²) < 4.78 is 19.2. The summed E-state index contributed by atoms with van der Waals surface area (Å²) in [5.74, 6) is -0.0880. The molecule has 2 heterocycles. The van der Waals surface area contributed by atoms with Gasteiger partial charge < -0.3 is 10.5 Å². The van der Waals surface area contributed by atoms with Crippen molar-refractivity contribution in [1.29, 1.82) is 0 Å². The highest BCUT2D eigenvalue weighted by Gasteiger charge is 2.15. The fourth-order valence-electron chi connectivity index (χ4n) is 2.42. The van der Waals surface area contributed by atoms with Crippen LogP contribution in [0.4, 0.5) is 21.7 Å².